The topological polar surface area (TPSA) is 4.93 Å². The van der Waals surface area contributed by atoms with E-state index in [4.69, 9.17) is 0 Å². The van der Waals surface area contributed by atoms with Crippen LogP contribution >= 0.6 is 15.9 Å². The molecular weight excluding hydrogens is 298 g/mol. The molecule has 0 atom stereocenters. The van der Waals surface area contributed by atoms with Crippen LogP contribution in [-0.4, -0.2) is 4.57 Å². The van der Waals surface area contributed by atoms with Gasteiger partial charge in [0.25, 0.3) is 0 Å². The van der Waals surface area contributed by atoms with E-state index >= 15 is 0 Å². The van der Waals surface area contributed by atoms with Crippen molar-refractivity contribution in [2.24, 2.45) is 0 Å². The van der Waals surface area contributed by atoms with Gasteiger partial charge in [-0.2, -0.15) is 0 Å². The Balaban J connectivity index is 1.92. The molecule has 0 aliphatic rings. The quantitative estimate of drug-likeness (QED) is 0.640. The van der Waals surface area contributed by atoms with Gasteiger partial charge in [0.05, 0.1) is 0 Å². The van der Waals surface area contributed by atoms with E-state index in [9.17, 15) is 0 Å². The smallest absolute Gasteiger partial charge is 0.0484 e. The standard InChI is InChI=1S/C17H16BrN/c1-2-13-3-5-14(6-4-13)12-19-10-9-15-11-16(18)7-8-17(15)19/h3-11H,2,12H2,1H3. The van der Waals surface area contributed by atoms with Crippen LogP contribution in [0.5, 0.6) is 0 Å². The number of aryl methyl sites for hydroxylation is 1. The van der Waals surface area contributed by atoms with E-state index in [2.05, 4.69) is 82.1 Å². The molecule has 3 rings (SSSR count). The lowest BCUT2D eigenvalue weighted by atomic mass is 10.1. The molecule has 0 bridgehead atoms. The molecule has 0 saturated heterocycles. The molecule has 2 aromatic carbocycles. The fraction of sp³-hybridized carbons (Fsp3) is 0.176. The third-order valence-electron chi connectivity index (χ3n) is 3.52. The van der Waals surface area contributed by atoms with Crippen LogP contribution in [0.4, 0.5) is 0 Å². The Morgan fingerprint density at radius 1 is 0.947 bits per heavy atom. The minimum atomic E-state index is 0.926. The molecule has 0 radical (unpaired) electrons. The Hall–Kier alpha value is -1.54. The SMILES string of the molecule is CCc1ccc(Cn2ccc3cc(Br)ccc32)cc1. The molecule has 1 aromatic heterocycles. The highest BCUT2D eigenvalue weighted by Gasteiger charge is 2.02. The summed E-state index contributed by atoms with van der Waals surface area (Å²) in [5, 5.41) is 1.28. The van der Waals surface area contributed by atoms with Gasteiger partial charge in [-0.05, 0) is 41.8 Å². The molecule has 1 heterocycles. The summed E-state index contributed by atoms with van der Waals surface area (Å²) in [5.74, 6) is 0. The number of fused-ring (bicyclic) bond motifs is 1. The van der Waals surface area contributed by atoms with Crippen LogP contribution in [0, 0.1) is 0 Å². The molecule has 0 spiro atoms. The van der Waals surface area contributed by atoms with Crippen molar-refractivity contribution in [3.05, 3.63) is 70.3 Å². The maximum atomic E-state index is 3.52. The number of aromatic nitrogens is 1. The predicted octanol–water partition coefficient (Wildman–Crippen LogP) is 5.01. The molecule has 0 N–H and O–H groups in total. The summed E-state index contributed by atoms with van der Waals surface area (Å²) in [7, 11) is 0. The van der Waals surface area contributed by atoms with E-state index < -0.39 is 0 Å². The Labute approximate surface area is 122 Å². The zero-order valence-corrected chi connectivity index (χ0v) is 12.5. The van der Waals surface area contributed by atoms with Gasteiger partial charge in [0.15, 0.2) is 0 Å². The van der Waals surface area contributed by atoms with Crippen molar-refractivity contribution < 1.29 is 0 Å². The molecule has 0 aliphatic carbocycles. The number of halogens is 1. The summed E-state index contributed by atoms with van der Waals surface area (Å²) in [5.41, 5.74) is 4.02. The average Bonchev–Trinajstić information content (AvgIpc) is 2.82. The summed E-state index contributed by atoms with van der Waals surface area (Å²) in [6, 6.07) is 17.5. The third kappa shape index (κ3) is 2.59. The summed E-state index contributed by atoms with van der Waals surface area (Å²) >= 11 is 3.52. The van der Waals surface area contributed by atoms with Crippen LogP contribution in [0.25, 0.3) is 10.9 Å². The van der Waals surface area contributed by atoms with Crippen molar-refractivity contribution in [1.29, 1.82) is 0 Å². The predicted molar refractivity (Wildman–Crippen MR) is 84.6 cm³/mol. The molecule has 0 amide bonds. The van der Waals surface area contributed by atoms with Crippen LogP contribution in [-0.2, 0) is 13.0 Å². The Kier molecular flexibility index (Phi) is 3.43. The van der Waals surface area contributed by atoms with Gasteiger partial charge >= 0.3 is 0 Å². The van der Waals surface area contributed by atoms with Gasteiger partial charge in [0.1, 0.15) is 0 Å². The van der Waals surface area contributed by atoms with Gasteiger partial charge in [0, 0.05) is 28.1 Å². The maximum Gasteiger partial charge on any atom is 0.0484 e. The zero-order valence-electron chi connectivity index (χ0n) is 10.9. The first-order valence-corrected chi connectivity index (χ1v) is 7.38. The van der Waals surface area contributed by atoms with Crippen LogP contribution in [0.15, 0.2) is 59.2 Å². The van der Waals surface area contributed by atoms with E-state index in [0.717, 1.165) is 17.4 Å². The van der Waals surface area contributed by atoms with E-state index in [1.165, 1.54) is 22.0 Å². The summed E-state index contributed by atoms with van der Waals surface area (Å²) in [4.78, 5) is 0. The number of hydrogen-bond acceptors (Lipinski definition) is 0. The zero-order chi connectivity index (χ0) is 13.2. The van der Waals surface area contributed by atoms with Gasteiger partial charge in [0.2, 0.25) is 0 Å². The van der Waals surface area contributed by atoms with Crippen molar-refractivity contribution in [2.75, 3.05) is 0 Å². The Morgan fingerprint density at radius 3 is 2.42 bits per heavy atom. The van der Waals surface area contributed by atoms with Gasteiger partial charge in [-0.3, -0.25) is 0 Å². The number of hydrogen-bond donors (Lipinski definition) is 0. The Bertz CT molecular complexity index is 695. The lowest BCUT2D eigenvalue weighted by Crippen LogP contribution is -1.97. The molecular formula is C17H16BrN. The molecule has 0 unspecified atom stereocenters. The van der Waals surface area contributed by atoms with Crippen LogP contribution in [0.1, 0.15) is 18.1 Å². The number of nitrogens with zero attached hydrogens (tertiary/aromatic N) is 1. The monoisotopic (exact) mass is 313 g/mol. The van der Waals surface area contributed by atoms with E-state index in [0.29, 0.717) is 0 Å². The molecule has 1 nitrogen and oxygen atoms in total. The third-order valence-corrected chi connectivity index (χ3v) is 4.01. The average molecular weight is 314 g/mol. The van der Waals surface area contributed by atoms with E-state index in [1.807, 2.05) is 0 Å². The highest BCUT2D eigenvalue weighted by molar-refractivity contribution is 9.10. The molecule has 0 saturated carbocycles. The first-order chi connectivity index (χ1) is 9.26. The molecule has 0 aliphatic heterocycles. The fourth-order valence-electron chi connectivity index (χ4n) is 2.39. The Morgan fingerprint density at radius 2 is 1.68 bits per heavy atom. The van der Waals surface area contributed by atoms with Crippen LogP contribution < -0.4 is 0 Å². The second-order valence-corrected chi connectivity index (χ2v) is 5.73. The van der Waals surface area contributed by atoms with Crippen LogP contribution in [0.3, 0.4) is 0 Å². The summed E-state index contributed by atoms with van der Waals surface area (Å²) in [6.07, 6.45) is 3.26. The van der Waals surface area contributed by atoms with E-state index in [-0.39, 0.29) is 0 Å². The molecule has 0 fully saturated rings. The minimum absolute atomic E-state index is 0.926. The first-order valence-electron chi connectivity index (χ1n) is 6.58. The minimum Gasteiger partial charge on any atom is -0.343 e. The fourth-order valence-corrected chi connectivity index (χ4v) is 2.76. The lowest BCUT2D eigenvalue weighted by Gasteiger charge is -2.07. The highest BCUT2D eigenvalue weighted by atomic mass is 79.9. The van der Waals surface area contributed by atoms with Gasteiger partial charge in [-0.15, -0.1) is 0 Å². The van der Waals surface area contributed by atoms with E-state index in [1.54, 1.807) is 0 Å². The molecule has 19 heavy (non-hydrogen) atoms. The molecule has 3 aromatic rings. The number of benzene rings is 2. The summed E-state index contributed by atoms with van der Waals surface area (Å²) in [6.45, 7) is 3.11. The second kappa shape index (κ2) is 5.22. The van der Waals surface area contributed by atoms with Gasteiger partial charge < -0.3 is 4.57 Å². The maximum absolute atomic E-state index is 3.52. The van der Waals surface area contributed by atoms with Gasteiger partial charge in [-0.25, -0.2) is 0 Å². The van der Waals surface area contributed by atoms with Crippen LogP contribution in [0.2, 0.25) is 0 Å². The van der Waals surface area contributed by atoms with Crippen molar-refractivity contribution in [2.45, 2.75) is 19.9 Å². The highest BCUT2D eigenvalue weighted by Crippen LogP contribution is 2.21. The van der Waals surface area contributed by atoms with Gasteiger partial charge in [-0.1, -0.05) is 47.1 Å². The normalized spacial score (nSPS) is 11.1. The molecule has 96 valence electrons. The largest absolute Gasteiger partial charge is 0.343 e. The first kappa shape index (κ1) is 12.5. The number of rotatable bonds is 3. The lowest BCUT2D eigenvalue weighted by molar-refractivity contribution is 0.836. The van der Waals surface area contributed by atoms with Crippen molar-refractivity contribution in [3.8, 4) is 0 Å². The second-order valence-electron chi connectivity index (χ2n) is 4.82. The van der Waals surface area contributed by atoms with Crippen molar-refractivity contribution in [3.63, 3.8) is 0 Å². The van der Waals surface area contributed by atoms with Crippen molar-refractivity contribution in [1.82, 2.24) is 4.57 Å². The summed E-state index contributed by atoms with van der Waals surface area (Å²) < 4.78 is 3.42. The molecule has 2 heteroatoms. The van der Waals surface area contributed by atoms with Crippen molar-refractivity contribution >= 4 is 26.8 Å².